The molecule has 1 aromatic rings. The second kappa shape index (κ2) is 7.06. The summed E-state index contributed by atoms with van der Waals surface area (Å²) in [4.78, 5) is 11.2. The summed E-state index contributed by atoms with van der Waals surface area (Å²) in [7, 11) is 0. The average Bonchev–Trinajstić information content (AvgIpc) is 2.33. The van der Waals surface area contributed by atoms with Gasteiger partial charge in [-0.25, -0.2) is 4.79 Å². The zero-order valence-corrected chi connectivity index (χ0v) is 12.4. The molecule has 0 aliphatic rings. The molecule has 0 bridgehead atoms. The molecule has 1 rings (SSSR count). The van der Waals surface area contributed by atoms with Gasteiger partial charge in [-0.1, -0.05) is 11.6 Å². The molecule has 0 radical (unpaired) electrons. The Hall–Kier alpha value is -1.11. The van der Waals surface area contributed by atoms with Crippen molar-refractivity contribution in [3.63, 3.8) is 0 Å². The number of rotatable bonds is 4. The quantitative estimate of drug-likeness (QED) is 0.833. The van der Waals surface area contributed by atoms with E-state index in [0.29, 0.717) is 0 Å². The van der Waals surface area contributed by atoms with Gasteiger partial charge in [-0.3, -0.25) is 0 Å². The van der Waals surface area contributed by atoms with Gasteiger partial charge in [0.25, 0.3) is 0 Å². The Balaban J connectivity index is 0.00000361. The van der Waals surface area contributed by atoms with Crippen molar-refractivity contribution >= 4 is 30.0 Å². The summed E-state index contributed by atoms with van der Waals surface area (Å²) in [5.74, 6) is -6.11. The van der Waals surface area contributed by atoms with Crippen molar-refractivity contribution in [1.82, 2.24) is 0 Å². The molecule has 114 valence electrons. The van der Waals surface area contributed by atoms with E-state index < -0.39 is 23.7 Å². The number of halogens is 4. The zero-order valence-electron chi connectivity index (χ0n) is 10.8. The first-order valence-electron chi connectivity index (χ1n) is 5.51. The van der Waals surface area contributed by atoms with Gasteiger partial charge in [0.2, 0.25) is 0 Å². The fraction of sp³-hybridized carbons (Fsp3) is 0.417. The normalized spacial score (nSPS) is 12.5. The molecule has 0 heterocycles. The molecule has 0 aromatic heterocycles. The second-order valence-electron chi connectivity index (χ2n) is 3.98. The minimum Gasteiger partial charge on any atom is -0.507 e. The molecule has 0 aliphatic carbocycles. The summed E-state index contributed by atoms with van der Waals surface area (Å²) >= 11 is 5.73. The summed E-state index contributed by atoms with van der Waals surface area (Å²) in [6.07, 6.45) is 0. The van der Waals surface area contributed by atoms with Crippen molar-refractivity contribution in [3.8, 4) is 5.75 Å². The molecule has 0 saturated carbocycles. The number of phenols is 1. The molecule has 20 heavy (non-hydrogen) atoms. The van der Waals surface area contributed by atoms with Crippen molar-refractivity contribution in [2.45, 2.75) is 25.8 Å². The van der Waals surface area contributed by atoms with Gasteiger partial charge in [-0.15, -0.1) is 12.4 Å². The molecule has 0 aliphatic heterocycles. The van der Waals surface area contributed by atoms with E-state index in [4.69, 9.17) is 17.3 Å². The molecule has 0 saturated heterocycles. The Morgan fingerprint density at radius 1 is 1.55 bits per heavy atom. The minimum absolute atomic E-state index is 0. The van der Waals surface area contributed by atoms with Gasteiger partial charge < -0.3 is 15.6 Å². The van der Waals surface area contributed by atoms with Gasteiger partial charge in [0.05, 0.1) is 6.61 Å². The summed E-state index contributed by atoms with van der Waals surface area (Å²) in [6, 6.07) is 0.459. The first-order valence-corrected chi connectivity index (χ1v) is 5.89. The van der Waals surface area contributed by atoms with Crippen molar-refractivity contribution < 1.29 is 23.4 Å². The topological polar surface area (TPSA) is 72.5 Å². The number of alkyl halides is 2. The van der Waals surface area contributed by atoms with Crippen molar-refractivity contribution in [2.24, 2.45) is 5.73 Å². The van der Waals surface area contributed by atoms with E-state index in [0.717, 1.165) is 6.07 Å². The largest absolute Gasteiger partial charge is 0.507 e. The predicted molar refractivity (Wildman–Crippen MR) is 73.6 cm³/mol. The van der Waals surface area contributed by atoms with E-state index in [1.807, 2.05) is 0 Å². The Kier molecular flexibility index (Phi) is 6.67. The summed E-state index contributed by atoms with van der Waals surface area (Å²) in [5.41, 5.74) is 5.36. The number of ether oxygens (including phenoxy) is 1. The summed E-state index contributed by atoms with van der Waals surface area (Å²) in [5, 5.41) is 9.88. The van der Waals surface area contributed by atoms with Crippen LogP contribution in [0.1, 0.15) is 24.1 Å². The van der Waals surface area contributed by atoms with E-state index in [9.17, 15) is 18.7 Å². The van der Waals surface area contributed by atoms with Gasteiger partial charge in [0.15, 0.2) is 0 Å². The van der Waals surface area contributed by atoms with E-state index in [1.165, 1.54) is 19.9 Å². The Morgan fingerprint density at radius 2 is 2.10 bits per heavy atom. The molecule has 8 heteroatoms. The lowest BCUT2D eigenvalue weighted by molar-refractivity contribution is -0.174. The molecular formula is C12H15Cl2F2NO3. The molecule has 0 unspecified atom stereocenters. The standard InChI is InChI=1S/C12H14ClF2NO3.ClH/c1-3-19-11(18)12(14,15)10(16)8-5-7(13)4-6(2)9(8)17;/h4-5,10,17H,3,16H2,1-2H3;1H/t10-;/m0./s1. The van der Waals surface area contributed by atoms with Crippen LogP contribution in [0.3, 0.4) is 0 Å². The fourth-order valence-electron chi connectivity index (χ4n) is 1.55. The number of aryl methyl sites for hydroxylation is 1. The minimum atomic E-state index is -3.95. The zero-order chi connectivity index (χ0) is 14.8. The lowest BCUT2D eigenvalue weighted by Crippen LogP contribution is -2.41. The Labute approximate surface area is 126 Å². The third-order valence-corrected chi connectivity index (χ3v) is 2.79. The highest BCUT2D eigenvalue weighted by Gasteiger charge is 2.48. The molecule has 1 aromatic carbocycles. The smallest absolute Gasteiger partial charge is 0.379 e. The third kappa shape index (κ3) is 3.71. The number of carbonyl (C=O) groups excluding carboxylic acids is 1. The van der Waals surface area contributed by atoms with Crippen LogP contribution in [0.2, 0.25) is 5.02 Å². The maximum absolute atomic E-state index is 13.8. The highest BCUT2D eigenvalue weighted by Crippen LogP contribution is 2.38. The lowest BCUT2D eigenvalue weighted by atomic mass is 9.98. The van der Waals surface area contributed by atoms with Gasteiger partial charge in [0, 0.05) is 10.6 Å². The molecule has 0 spiro atoms. The van der Waals surface area contributed by atoms with Gasteiger partial charge in [-0.2, -0.15) is 8.78 Å². The number of carbonyl (C=O) groups is 1. The van der Waals surface area contributed by atoms with Crippen LogP contribution in [0.25, 0.3) is 0 Å². The van der Waals surface area contributed by atoms with Gasteiger partial charge in [-0.05, 0) is 31.5 Å². The average molecular weight is 330 g/mol. The number of hydrogen-bond donors (Lipinski definition) is 2. The first-order chi connectivity index (χ1) is 8.71. The molecule has 4 nitrogen and oxygen atoms in total. The predicted octanol–water partition coefficient (Wildman–Crippen LogP) is 2.97. The van der Waals surface area contributed by atoms with Crippen LogP contribution in [-0.2, 0) is 9.53 Å². The van der Waals surface area contributed by atoms with E-state index in [-0.39, 0.29) is 35.2 Å². The maximum Gasteiger partial charge on any atom is 0.379 e. The van der Waals surface area contributed by atoms with Crippen LogP contribution in [0.5, 0.6) is 5.75 Å². The summed E-state index contributed by atoms with van der Waals surface area (Å²) in [6.45, 7) is 2.70. The molecule has 3 N–H and O–H groups in total. The first kappa shape index (κ1) is 18.9. The van der Waals surface area contributed by atoms with Crippen LogP contribution in [0.4, 0.5) is 8.78 Å². The number of hydrogen-bond acceptors (Lipinski definition) is 4. The van der Waals surface area contributed by atoms with E-state index >= 15 is 0 Å². The van der Waals surface area contributed by atoms with Crippen LogP contribution < -0.4 is 5.73 Å². The number of aromatic hydroxyl groups is 1. The van der Waals surface area contributed by atoms with Crippen molar-refractivity contribution in [1.29, 1.82) is 0 Å². The lowest BCUT2D eigenvalue weighted by Gasteiger charge is -2.23. The highest BCUT2D eigenvalue weighted by molar-refractivity contribution is 6.30. The van der Waals surface area contributed by atoms with Crippen LogP contribution in [-0.4, -0.2) is 23.6 Å². The monoisotopic (exact) mass is 329 g/mol. The Bertz CT molecular complexity index is 498. The van der Waals surface area contributed by atoms with Gasteiger partial charge >= 0.3 is 11.9 Å². The maximum atomic E-state index is 13.8. The molecule has 1 atom stereocenters. The van der Waals surface area contributed by atoms with E-state index in [1.54, 1.807) is 0 Å². The van der Waals surface area contributed by atoms with Crippen LogP contribution >= 0.6 is 24.0 Å². The van der Waals surface area contributed by atoms with Gasteiger partial charge in [0.1, 0.15) is 11.8 Å². The van der Waals surface area contributed by atoms with Crippen LogP contribution in [0.15, 0.2) is 12.1 Å². The molecular weight excluding hydrogens is 315 g/mol. The van der Waals surface area contributed by atoms with Crippen molar-refractivity contribution in [3.05, 3.63) is 28.3 Å². The van der Waals surface area contributed by atoms with E-state index in [2.05, 4.69) is 4.74 Å². The van der Waals surface area contributed by atoms with Crippen LogP contribution in [0, 0.1) is 6.92 Å². The molecule has 0 fully saturated rings. The number of esters is 1. The summed E-state index contributed by atoms with van der Waals surface area (Å²) < 4.78 is 31.8. The fourth-order valence-corrected chi connectivity index (χ4v) is 1.83. The highest BCUT2D eigenvalue weighted by atomic mass is 35.5. The number of nitrogens with two attached hydrogens (primary N) is 1. The Morgan fingerprint density at radius 3 is 2.60 bits per heavy atom. The SMILES string of the molecule is CCOC(=O)C(F)(F)[C@@H](N)c1cc(Cl)cc(C)c1O.Cl. The number of phenolic OH excluding ortho intramolecular Hbond substituents is 1. The van der Waals surface area contributed by atoms with Crippen molar-refractivity contribution in [2.75, 3.05) is 6.61 Å². The second-order valence-corrected chi connectivity index (χ2v) is 4.42. The molecule has 0 amide bonds. The third-order valence-electron chi connectivity index (χ3n) is 2.57. The number of benzene rings is 1.